The zero-order chi connectivity index (χ0) is 12.0. The molecular formula is C10H22N2O2S. The van der Waals surface area contributed by atoms with Gasteiger partial charge in [0.05, 0.1) is 0 Å². The molecule has 15 heavy (non-hydrogen) atoms. The van der Waals surface area contributed by atoms with E-state index in [0.717, 1.165) is 6.42 Å². The second-order valence-corrected chi connectivity index (χ2v) is 5.52. The Bertz CT molecular complexity index is 231. The maximum atomic E-state index is 11.6. The highest BCUT2D eigenvalue weighted by Gasteiger charge is 2.16. The zero-order valence-electron chi connectivity index (χ0n) is 10.0. The van der Waals surface area contributed by atoms with Gasteiger partial charge in [-0.15, -0.1) is 0 Å². The van der Waals surface area contributed by atoms with Gasteiger partial charge in [0.25, 0.3) is 0 Å². The number of nitrogens with zero attached hydrogens (tertiary/aromatic N) is 1. The summed E-state index contributed by atoms with van der Waals surface area (Å²) in [6.07, 6.45) is 0.792. The lowest BCUT2D eigenvalue weighted by Crippen LogP contribution is -2.38. The Morgan fingerprint density at radius 2 is 2.00 bits per heavy atom. The smallest absolute Gasteiger partial charge is 0.235 e. The summed E-state index contributed by atoms with van der Waals surface area (Å²) in [5, 5.41) is 0. The van der Waals surface area contributed by atoms with E-state index in [1.54, 1.807) is 11.9 Å². The van der Waals surface area contributed by atoms with Gasteiger partial charge in [-0.1, -0.05) is 6.92 Å². The first-order valence-corrected chi connectivity index (χ1v) is 6.73. The summed E-state index contributed by atoms with van der Waals surface area (Å²) in [7, 11) is 0.593. The average molecular weight is 234 g/mol. The van der Waals surface area contributed by atoms with E-state index in [-0.39, 0.29) is 23.7 Å². The molecule has 90 valence electrons. The van der Waals surface area contributed by atoms with Gasteiger partial charge in [-0.3, -0.25) is 9.00 Å². The molecule has 0 aromatic heterocycles. The van der Waals surface area contributed by atoms with Crippen LogP contribution in [0.1, 0.15) is 27.2 Å². The van der Waals surface area contributed by atoms with Crippen LogP contribution in [-0.2, 0) is 15.6 Å². The van der Waals surface area contributed by atoms with Crippen molar-refractivity contribution in [3.05, 3.63) is 0 Å². The van der Waals surface area contributed by atoms with Crippen LogP contribution >= 0.6 is 0 Å². The summed E-state index contributed by atoms with van der Waals surface area (Å²) in [4.78, 5) is 13.2. The van der Waals surface area contributed by atoms with Crippen molar-refractivity contribution >= 4 is 16.7 Å². The third kappa shape index (κ3) is 5.89. The third-order valence-corrected chi connectivity index (χ3v) is 3.75. The standard InChI is InChI=1S/C10H22N2O2S/c1-5-9(11)6-15(14)7-10(13)12(4)8(2)3/h8-9H,5-7,11H2,1-4H3. The molecule has 2 atom stereocenters. The van der Waals surface area contributed by atoms with E-state index >= 15 is 0 Å². The van der Waals surface area contributed by atoms with Crippen LogP contribution in [0.4, 0.5) is 0 Å². The molecule has 0 heterocycles. The van der Waals surface area contributed by atoms with E-state index in [1.165, 1.54) is 0 Å². The van der Waals surface area contributed by atoms with E-state index in [0.29, 0.717) is 5.75 Å². The summed E-state index contributed by atoms with van der Waals surface area (Å²) >= 11 is 0. The number of hydrogen-bond acceptors (Lipinski definition) is 3. The molecule has 0 aliphatic carbocycles. The minimum Gasteiger partial charge on any atom is -0.343 e. The highest BCUT2D eigenvalue weighted by molar-refractivity contribution is 7.85. The van der Waals surface area contributed by atoms with Crippen LogP contribution in [0.5, 0.6) is 0 Å². The SMILES string of the molecule is CCC(N)CS(=O)CC(=O)N(C)C(C)C. The highest BCUT2D eigenvalue weighted by atomic mass is 32.2. The van der Waals surface area contributed by atoms with Crippen LogP contribution in [0.15, 0.2) is 0 Å². The van der Waals surface area contributed by atoms with E-state index < -0.39 is 10.8 Å². The molecule has 0 aromatic rings. The summed E-state index contributed by atoms with van der Waals surface area (Å²) in [5.74, 6) is 0.419. The molecule has 1 amide bonds. The minimum atomic E-state index is -1.13. The minimum absolute atomic E-state index is 0.0667. The molecule has 0 aliphatic rings. The first kappa shape index (κ1) is 14.6. The van der Waals surface area contributed by atoms with Crippen LogP contribution in [0.2, 0.25) is 0 Å². The van der Waals surface area contributed by atoms with Gasteiger partial charge in [0, 0.05) is 35.7 Å². The number of nitrogens with two attached hydrogens (primary N) is 1. The largest absolute Gasteiger partial charge is 0.343 e. The fourth-order valence-corrected chi connectivity index (χ4v) is 2.25. The first-order chi connectivity index (χ1) is 6.88. The van der Waals surface area contributed by atoms with Gasteiger partial charge < -0.3 is 10.6 Å². The Balaban J connectivity index is 4.02. The van der Waals surface area contributed by atoms with Crippen LogP contribution in [0.25, 0.3) is 0 Å². The molecular weight excluding hydrogens is 212 g/mol. The maximum Gasteiger partial charge on any atom is 0.235 e. The lowest BCUT2D eigenvalue weighted by Gasteiger charge is -2.21. The van der Waals surface area contributed by atoms with Gasteiger partial charge >= 0.3 is 0 Å². The normalized spacial score (nSPS) is 15.1. The van der Waals surface area contributed by atoms with Crippen molar-refractivity contribution in [1.82, 2.24) is 4.90 Å². The van der Waals surface area contributed by atoms with E-state index in [9.17, 15) is 9.00 Å². The summed E-state index contributed by atoms with van der Waals surface area (Å²) in [6.45, 7) is 5.81. The monoisotopic (exact) mass is 234 g/mol. The Morgan fingerprint density at radius 1 is 1.47 bits per heavy atom. The van der Waals surface area contributed by atoms with E-state index in [4.69, 9.17) is 5.73 Å². The first-order valence-electron chi connectivity index (χ1n) is 5.24. The maximum absolute atomic E-state index is 11.6. The fourth-order valence-electron chi connectivity index (χ4n) is 0.943. The van der Waals surface area contributed by atoms with Gasteiger partial charge in [0.15, 0.2) is 0 Å². The Morgan fingerprint density at radius 3 is 2.40 bits per heavy atom. The molecule has 0 aromatic carbocycles. The molecule has 0 spiro atoms. The van der Waals surface area contributed by atoms with Crippen LogP contribution < -0.4 is 5.73 Å². The van der Waals surface area contributed by atoms with Crippen LogP contribution in [-0.4, -0.2) is 45.7 Å². The fraction of sp³-hybridized carbons (Fsp3) is 0.900. The van der Waals surface area contributed by atoms with Crippen molar-refractivity contribution < 1.29 is 9.00 Å². The predicted molar refractivity (Wildman–Crippen MR) is 64.0 cm³/mol. The second-order valence-electron chi connectivity index (χ2n) is 4.02. The number of hydrogen-bond donors (Lipinski definition) is 1. The Labute approximate surface area is 94.7 Å². The van der Waals surface area contributed by atoms with Gasteiger partial charge in [-0.25, -0.2) is 0 Å². The number of carbonyl (C=O) groups excluding carboxylic acids is 1. The average Bonchev–Trinajstić information content (AvgIpc) is 2.15. The van der Waals surface area contributed by atoms with Crippen molar-refractivity contribution in [2.45, 2.75) is 39.3 Å². The van der Waals surface area contributed by atoms with Crippen LogP contribution in [0, 0.1) is 0 Å². The van der Waals surface area contributed by atoms with Crippen molar-refractivity contribution in [2.24, 2.45) is 5.73 Å². The van der Waals surface area contributed by atoms with Gasteiger partial charge in [-0.2, -0.15) is 0 Å². The number of amides is 1. The Hall–Kier alpha value is -0.420. The van der Waals surface area contributed by atoms with E-state index in [1.807, 2.05) is 20.8 Å². The van der Waals surface area contributed by atoms with Crippen molar-refractivity contribution in [3.63, 3.8) is 0 Å². The quantitative estimate of drug-likeness (QED) is 0.721. The Kier molecular flexibility index (Phi) is 6.76. The molecule has 0 saturated carbocycles. The zero-order valence-corrected chi connectivity index (χ0v) is 10.8. The van der Waals surface area contributed by atoms with Gasteiger partial charge in [0.1, 0.15) is 5.75 Å². The predicted octanol–water partition coefficient (Wildman–Crippen LogP) is 0.339. The molecule has 0 radical (unpaired) electrons. The lowest BCUT2D eigenvalue weighted by atomic mass is 10.3. The summed E-state index contributed by atoms with van der Waals surface area (Å²) in [6, 6.07) is 0.0809. The van der Waals surface area contributed by atoms with Gasteiger partial charge in [0.2, 0.25) is 5.91 Å². The van der Waals surface area contributed by atoms with Crippen molar-refractivity contribution in [1.29, 1.82) is 0 Å². The molecule has 0 saturated heterocycles. The second kappa shape index (κ2) is 6.95. The third-order valence-electron chi connectivity index (χ3n) is 2.38. The number of rotatable bonds is 6. The number of carbonyl (C=O) groups is 1. The van der Waals surface area contributed by atoms with Crippen molar-refractivity contribution in [3.8, 4) is 0 Å². The molecule has 0 rings (SSSR count). The molecule has 2 N–H and O–H groups in total. The lowest BCUT2D eigenvalue weighted by molar-refractivity contribution is -0.128. The molecule has 0 aliphatic heterocycles. The van der Waals surface area contributed by atoms with E-state index in [2.05, 4.69) is 0 Å². The summed E-state index contributed by atoms with van der Waals surface area (Å²) < 4.78 is 11.5. The molecule has 0 bridgehead atoms. The molecule has 5 heteroatoms. The summed E-state index contributed by atoms with van der Waals surface area (Å²) in [5.41, 5.74) is 5.67. The highest BCUT2D eigenvalue weighted by Crippen LogP contribution is 1.98. The molecule has 4 nitrogen and oxygen atoms in total. The molecule has 2 unspecified atom stereocenters. The molecule has 0 fully saturated rings. The topological polar surface area (TPSA) is 63.4 Å². The van der Waals surface area contributed by atoms with Crippen LogP contribution in [0.3, 0.4) is 0 Å². The van der Waals surface area contributed by atoms with Crippen molar-refractivity contribution in [2.75, 3.05) is 18.6 Å². The van der Waals surface area contributed by atoms with Gasteiger partial charge in [-0.05, 0) is 20.3 Å².